The number of amides is 2. The smallest absolute Gasteiger partial charge is 0.247 e. The lowest BCUT2D eigenvalue weighted by molar-refractivity contribution is -0.124. The number of halogens is 1. The lowest BCUT2D eigenvalue weighted by Gasteiger charge is -2.15. The van der Waals surface area contributed by atoms with Gasteiger partial charge in [0.2, 0.25) is 11.8 Å². The Balaban J connectivity index is 2.81. The lowest BCUT2D eigenvalue weighted by atomic mass is 10.2. The largest absolute Gasteiger partial charge is 0.344 e. The first kappa shape index (κ1) is 15.0. The fraction of sp³-hybridized carbons (Fsp3) is 0.250. The van der Waals surface area contributed by atoms with Gasteiger partial charge in [0.05, 0.1) is 5.56 Å². The standard InChI is InChI=1S/C12H12FN3O2S/c1-7(17)15-11(6-19)12(18)16-9-2-3-10(13)8(4-9)5-14/h2-4,11,19H,6H2,1H3,(H,15,17)(H,16,18). The summed E-state index contributed by atoms with van der Waals surface area (Å²) in [7, 11) is 0. The highest BCUT2D eigenvalue weighted by atomic mass is 32.1. The molecule has 0 aromatic heterocycles. The molecule has 0 aliphatic rings. The number of hydrogen-bond donors (Lipinski definition) is 3. The van der Waals surface area contributed by atoms with E-state index in [2.05, 4.69) is 23.3 Å². The Morgan fingerprint density at radius 3 is 2.74 bits per heavy atom. The third-order valence-corrected chi connectivity index (χ3v) is 2.60. The Labute approximate surface area is 115 Å². The van der Waals surface area contributed by atoms with Crippen molar-refractivity contribution in [2.24, 2.45) is 0 Å². The van der Waals surface area contributed by atoms with Gasteiger partial charge < -0.3 is 10.6 Å². The van der Waals surface area contributed by atoms with E-state index >= 15 is 0 Å². The van der Waals surface area contributed by atoms with Crippen molar-refractivity contribution in [3.63, 3.8) is 0 Å². The molecule has 0 radical (unpaired) electrons. The summed E-state index contributed by atoms with van der Waals surface area (Å²) >= 11 is 3.96. The number of nitriles is 1. The number of thiol groups is 1. The van der Waals surface area contributed by atoms with E-state index in [-0.39, 0.29) is 22.9 Å². The zero-order chi connectivity index (χ0) is 14.4. The minimum Gasteiger partial charge on any atom is -0.344 e. The summed E-state index contributed by atoms with van der Waals surface area (Å²) in [6.07, 6.45) is 0. The molecule has 19 heavy (non-hydrogen) atoms. The second kappa shape index (κ2) is 6.75. The van der Waals surface area contributed by atoms with Gasteiger partial charge in [-0.3, -0.25) is 9.59 Å². The second-order valence-electron chi connectivity index (χ2n) is 3.73. The SMILES string of the molecule is CC(=O)NC(CS)C(=O)Nc1ccc(F)c(C#N)c1. The molecule has 1 aromatic carbocycles. The van der Waals surface area contributed by atoms with Crippen LogP contribution in [0.5, 0.6) is 0 Å². The zero-order valence-electron chi connectivity index (χ0n) is 10.1. The third-order valence-electron chi connectivity index (χ3n) is 2.23. The molecule has 2 amide bonds. The number of nitrogens with zero attached hydrogens (tertiary/aromatic N) is 1. The number of carbonyl (C=O) groups excluding carboxylic acids is 2. The van der Waals surface area contributed by atoms with Crippen LogP contribution < -0.4 is 10.6 Å². The molecule has 0 saturated heterocycles. The van der Waals surface area contributed by atoms with Crippen LogP contribution in [-0.4, -0.2) is 23.6 Å². The van der Waals surface area contributed by atoms with Gasteiger partial charge in [0, 0.05) is 18.4 Å². The predicted octanol–water partition coefficient (Wildman–Crippen LogP) is 1.07. The Morgan fingerprint density at radius 2 is 2.21 bits per heavy atom. The molecule has 1 aromatic rings. The van der Waals surface area contributed by atoms with Crippen molar-refractivity contribution in [3.8, 4) is 6.07 Å². The molecule has 0 spiro atoms. The number of benzene rings is 1. The normalized spacial score (nSPS) is 11.3. The Hall–Kier alpha value is -2.07. The second-order valence-corrected chi connectivity index (χ2v) is 4.10. The summed E-state index contributed by atoms with van der Waals surface area (Å²) in [6.45, 7) is 1.29. The van der Waals surface area contributed by atoms with Crippen LogP contribution in [0.15, 0.2) is 18.2 Å². The first-order valence-electron chi connectivity index (χ1n) is 5.36. The van der Waals surface area contributed by atoms with Crippen molar-refractivity contribution in [2.75, 3.05) is 11.1 Å². The van der Waals surface area contributed by atoms with Gasteiger partial charge in [-0.15, -0.1) is 0 Å². The van der Waals surface area contributed by atoms with Crippen molar-refractivity contribution in [2.45, 2.75) is 13.0 Å². The fourth-order valence-corrected chi connectivity index (χ4v) is 1.61. The van der Waals surface area contributed by atoms with Gasteiger partial charge in [-0.1, -0.05) is 0 Å². The van der Waals surface area contributed by atoms with E-state index in [1.165, 1.54) is 19.1 Å². The van der Waals surface area contributed by atoms with Crippen LogP contribution in [0.1, 0.15) is 12.5 Å². The maximum Gasteiger partial charge on any atom is 0.247 e. The van der Waals surface area contributed by atoms with Crippen molar-refractivity contribution in [1.29, 1.82) is 5.26 Å². The highest BCUT2D eigenvalue weighted by Gasteiger charge is 2.18. The molecule has 0 fully saturated rings. The number of hydrogen-bond acceptors (Lipinski definition) is 4. The van der Waals surface area contributed by atoms with Gasteiger partial charge >= 0.3 is 0 Å². The molecule has 7 heteroatoms. The van der Waals surface area contributed by atoms with Crippen LogP contribution in [0.25, 0.3) is 0 Å². The average Bonchev–Trinajstić information content (AvgIpc) is 2.37. The van der Waals surface area contributed by atoms with Crippen LogP contribution in [0.2, 0.25) is 0 Å². The van der Waals surface area contributed by atoms with Gasteiger partial charge in [0.25, 0.3) is 0 Å². The van der Waals surface area contributed by atoms with E-state index in [0.29, 0.717) is 0 Å². The molecule has 1 rings (SSSR count). The summed E-state index contributed by atoms with van der Waals surface area (Å²) in [5, 5.41) is 13.6. The maximum atomic E-state index is 13.1. The van der Waals surface area contributed by atoms with E-state index in [0.717, 1.165) is 6.07 Å². The zero-order valence-corrected chi connectivity index (χ0v) is 11.0. The van der Waals surface area contributed by atoms with Crippen molar-refractivity contribution in [1.82, 2.24) is 5.32 Å². The molecule has 0 aliphatic heterocycles. The quantitative estimate of drug-likeness (QED) is 0.722. The molecule has 100 valence electrons. The van der Waals surface area contributed by atoms with Crippen LogP contribution in [0, 0.1) is 17.1 Å². The first-order chi connectivity index (χ1) is 8.97. The van der Waals surface area contributed by atoms with Crippen LogP contribution in [-0.2, 0) is 9.59 Å². The molecule has 5 nitrogen and oxygen atoms in total. The Bertz CT molecular complexity index is 542. The molecule has 0 aliphatic carbocycles. The minimum atomic E-state index is -0.795. The Morgan fingerprint density at radius 1 is 1.53 bits per heavy atom. The summed E-state index contributed by atoms with van der Waals surface area (Å²) in [5.74, 6) is -1.38. The van der Waals surface area contributed by atoms with E-state index in [1.807, 2.05) is 0 Å². The Kier molecular flexibility index (Phi) is 5.33. The van der Waals surface area contributed by atoms with E-state index in [1.54, 1.807) is 6.07 Å². The molecule has 2 N–H and O–H groups in total. The predicted molar refractivity (Wildman–Crippen MR) is 71.2 cm³/mol. The first-order valence-corrected chi connectivity index (χ1v) is 5.99. The van der Waals surface area contributed by atoms with Crippen molar-refractivity contribution in [3.05, 3.63) is 29.6 Å². The topological polar surface area (TPSA) is 82.0 Å². The lowest BCUT2D eigenvalue weighted by Crippen LogP contribution is -2.44. The third kappa shape index (κ3) is 4.26. The number of nitrogens with one attached hydrogen (secondary N) is 2. The molecule has 0 bridgehead atoms. The molecular formula is C12H12FN3O2S. The minimum absolute atomic E-state index is 0.123. The fourth-order valence-electron chi connectivity index (χ4n) is 1.36. The van der Waals surface area contributed by atoms with Gasteiger partial charge in [0.1, 0.15) is 17.9 Å². The molecule has 0 saturated carbocycles. The van der Waals surface area contributed by atoms with E-state index < -0.39 is 17.8 Å². The van der Waals surface area contributed by atoms with Gasteiger partial charge in [-0.05, 0) is 18.2 Å². The van der Waals surface area contributed by atoms with Crippen molar-refractivity contribution < 1.29 is 14.0 Å². The number of carbonyl (C=O) groups is 2. The summed E-state index contributed by atoms with van der Waals surface area (Å²) in [5.41, 5.74) is 0.111. The van der Waals surface area contributed by atoms with E-state index in [9.17, 15) is 14.0 Å². The number of rotatable bonds is 4. The average molecular weight is 281 g/mol. The van der Waals surface area contributed by atoms with Gasteiger partial charge in [-0.25, -0.2) is 4.39 Å². The molecule has 1 atom stereocenters. The number of anilines is 1. The summed E-state index contributed by atoms with van der Waals surface area (Å²) in [6, 6.07) is 4.51. The molecule has 0 heterocycles. The van der Waals surface area contributed by atoms with Gasteiger partial charge in [-0.2, -0.15) is 17.9 Å². The van der Waals surface area contributed by atoms with E-state index in [4.69, 9.17) is 5.26 Å². The monoisotopic (exact) mass is 281 g/mol. The summed E-state index contributed by atoms with van der Waals surface area (Å²) in [4.78, 5) is 22.7. The van der Waals surface area contributed by atoms with Gasteiger partial charge in [0.15, 0.2) is 0 Å². The highest BCUT2D eigenvalue weighted by Crippen LogP contribution is 2.14. The molecular weight excluding hydrogens is 269 g/mol. The maximum absolute atomic E-state index is 13.1. The van der Waals surface area contributed by atoms with Crippen LogP contribution in [0.4, 0.5) is 10.1 Å². The highest BCUT2D eigenvalue weighted by molar-refractivity contribution is 7.80. The van der Waals surface area contributed by atoms with Crippen LogP contribution >= 0.6 is 12.6 Å². The van der Waals surface area contributed by atoms with Crippen molar-refractivity contribution >= 4 is 30.1 Å². The summed E-state index contributed by atoms with van der Waals surface area (Å²) < 4.78 is 13.1. The van der Waals surface area contributed by atoms with Crippen LogP contribution in [0.3, 0.4) is 0 Å². The molecule has 1 unspecified atom stereocenters.